The molecule has 3 aromatic heterocycles. The van der Waals surface area contributed by atoms with E-state index in [4.69, 9.17) is 14.8 Å². The van der Waals surface area contributed by atoms with Crippen LogP contribution in [0.5, 0.6) is 0 Å². The highest BCUT2D eigenvalue weighted by molar-refractivity contribution is 5.60. The Balaban J connectivity index is 1.60. The molecule has 2 N–H and O–H groups in total. The van der Waals surface area contributed by atoms with Gasteiger partial charge in [-0.3, -0.25) is 0 Å². The second-order valence-corrected chi connectivity index (χ2v) is 7.62. The number of anilines is 1. The zero-order chi connectivity index (χ0) is 21.4. The Morgan fingerprint density at radius 3 is 2.71 bits per heavy atom. The van der Waals surface area contributed by atoms with Crippen molar-refractivity contribution >= 4 is 11.5 Å². The van der Waals surface area contributed by atoms with Gasteiger partial charge in [0.2, 0.25) is 0 Å². The lowest BCUT2D eigenvalue weighted by Crippen LogP contribution is -2.37. The molecule has 1 aliphatic heterocycles. The summed E-state index contributed by atoms with van der Waals surface area (Å²) >= 11 is 0. The number of ether oxygens (including phenoxy) is 1. The number of morpholine rings is 1. The lowest BCUT2D eigenvalue weighted by Gasteiger charge is -2.29. The Morgan fingerprint density at radius 2 is 1.94 bits per heavy atom. The van der Waals surface area contributed by atoms with Gasteiger partial charge in [0.05, 0.1) is 31.2 Å². The van der Waals surface area contributed by atoms with Gasteiger partial charge in [-0.15, -0.1) is 0 Å². The molecule has 9 nitrogen and oxygen atoms in total. The summed E-state index contributed by atoms with van der Waals surface area (Å²) in [5.74, 6) is 1.49. The highest BCUT2D eigenvalue weighted by atomic mass is 16.5. The van der Waals surface area contributed by atoms with Gasteiger partial charge in [0.15, 0.2) is 11.5 Å². The molecule has 0 radical (unpaired) electrons. The summed E-state index contributed by atoms with van der Waals surface area (Å²) < 4.78 is 8.94. The molecule has 4 heterocycles. The quantitative estimate of drug-likeness (QED) is 0.507. The fourth-order valence-corrected chi connectivity index (χ4v) is 3.76. The second-order valence-electron chi connectivity index (χ2n) is 7.62. The van der Waals surface area contributed by atoms with Crippen LogP contribution < -0.4 is 4.90 Å². The molecule has 0 aliphatic carbocycles. The molecule has 1 aromatic carbocycles. The summed E-state index contributed by atoms with van der Waals surface area (Å²) in [5.41, 5.74) is 4.04. The molecule has 1 aliphatic rings. The third kappa shape index (κ3) is 3.78. The number of benzene rings is 1. The largest absolute Gasteiger partial charge is 0.393 e. The SMILES string of the molecule is Cc1cccc(-c2ccn(-c3cc(N4CCOCC4)n4nc(C(O)CO)cc4n3)n2)c1. The number of hydrogen-bond acceptors (Lipinski definition) is 7. The van der Waals surface area contributed by atoms with E-state index in [9.17, 15) is 10.2 Å². The monoisotopic (exact) mass is 420 g/mol. The molecule has 1 unspecified atom stereocenters. The normalized spacial score (nSPS) is 15.5. The lowest BCUT2D eigenvalue weighted by molar-refractivity contribution is 0.0920. The predicted octanol–water partition coefficient (Wildman–Crippen LogP) is 1.75. The molecule has 0 amide bonds. The van der Waals surface area contributed by atoms with E-state index in [2.05, 4.69) is 29.1 Å². The zero-order valence-corrected chi connectivity index (χ0v) is 17.2. The van der Waals surface area contributed by atoms with Crippen molar-refractivity contribution in [2.45, 2.75) is 13.0 Å². The van der Waals surface area contributed by atoms with Crippen LogP contribution >= 0.6 is 0 Å². The molecule has 0 bridgehead atoms. The zero-order valence-electron chi connectivity index (χ0n) is 17.2. The van der Waals surface area contributed by atoms with Crippen molar-refractivity contribution in [2.24, 2.45) is 0 Å². The Hall–Kier alpha value is -3.27. The predicted molar refractivity (Wildman–Crippen MR) is 115 cm³/mol. The van der Waals surface area contributed by atoms with Crippen LogP contribution in [0.4, 0.5) is 5.82 Å². The summed E-state index contributed by atoms with van der Waals surface area (Å²) in [5, 5.41) is 28.6. The van der Waals surface area contributed by atoms with E-state index in [1.54, 1.807) is 15.3 Å². The van der Waals surface area contributed by atoms with Crippen molar-refractivity contribution in [3.05, 3.63) is 59.9 Å². The second kappa shape index (κ2) is 8.10. The number of rotatable bonds is 5. The average Bonchev–Trinajstić information content (AvgIpc) is 3.46. The molecule has 1 fully saturated rings. The summed E-state index contributed by atoms with van der Waals surface area (Å²) in [6.45, 7) is 4.37. The first kappa shape index (κ1) is 19.7. The van der Waals surface area contributed by atoms with Gasteiger partial charge < -0.3 is 19.8 Å². The third-order valence-electron chi connectivity index (χ3n) is 5.40. The number of aliphatic hydroxyl groups excluding tert-OH is 2. The van der Waals surface area contributed by atoms with E-state index >= 15 is 0 Å². The number of fused-ring (bicyclic) bond motifs is 1. The van der Waals surface area contributed by atoms with Gasteiger partial charge >= 0.3 is 0 Å². The van der Waals surface area contributed by atoms with Crippen molar-refractivity contribution in [3.8, 4) is 17.1 Å². The summed E-state index contributed by atoms with van der Waals surface area (Å²) in [4.78, 5) is 6.89. The number of aryl methyl sites for hydroxylation is 1. The molecular weight excluding hydrogens is 396 g/mol. The van der Waals surface area contributed by atoms with E-state index in [1.165, 1.54) is 5.56 Å². The van der Waals surface area contributed by atoms with E-state index in [-0.39, 0.29) is 0 Å². The van der Waals surface area contributed by atoms with Gasteiger partial charge in [0.25, 0.3) is 0 Å². The molecule has 1 atom stereocenters. The Kier molecular flexibility index (Phi) is 5.14. The lowest BCUT2D eigenvalue weighted by atomic mass is 10.1. The topological polar surface area (TPSA) is 101 Å². The van der Waals surface area contributed by atoms with Gasteiger partial charge in [0, 0.05) is 37.0 Å². The number of nitrogens with zero attached hydrogens (tertiary/aromatic N) is 6. The maximum absolute atomic E-state index is 10.1. The minimum atomic E-state index is -1.06. The number of aliphatic hydroxyl groups is 2. The third-order valence-corrected chi connectivity index (χ3v) is 5.40. The van der Waals surface area contributed by atoms with Crippen LogP contribution in [0.3, 0.4) is 0 Å². The van der Waals surface area contributed by atoms with E-state index in [0.717, 1.165) is 30.2 Å². The number of hydrogen-bond donors (Lipinski definition) is 2. The first-order chi connectivity index (χ1) is 15.1. The summed E-state index contributed by atoms with van der Waals surface area (Å²) in [7, 11) is 0. The van der Waals surface area contributed by atoms with Crippen LogP contribution in [-0.2, 0) is 4.74 Å². The number of aromatic nitrogens is 5. The van der Waals surface area contributed by atoms with Crippen LogP contribution in [0.1, 0.15) is 17.4 Å². The minimum absolute atomic E-state index is 0.377. The smallest absolute Gasteiger partial charge is 0.160 e. The van der Waals surface area contributed by atoms with E-state index < -0.39 is 12.7 Å². The van der Waals surface area contributed by atoms with Crippen LogP contribution in [0.2, 0.25) is 0 Å². The molecule has 0 spiro atoms. The fourth-order valence-electron chi connectivity index (χ4n) is 3.76. The maximum Gasteiger partial charge on any atom is 0.160 e. The molecule has 0 saturated carbocycles. The highest BCUT2D eigenvalue weighted by Gasteiger charge is 2.20. The van der Waals surface area contributed by atoms with E-state index in [1.807, 2.05) is 30.5 Å². The van der Waals surface area contributed by atoms with Gasteiger partial charge in [-0.2, -0.15) is 14.7 Å². The van der Waals surface area contributed by atoms with Crippen molar-refractivity contribution < 1.29 is 14.9 Å². The average molecular weight is 420 g/mol. The van der Waals surface area contributed by atoms with Crippen molar-refractivity contribution in [3.63, 3.8) is 0 Å². The molecule has 160 valence electrons. The van der Waals surface area contributed by atoms with Gasteiger partial charge in [-0.25, -0.2) is 9.67 Å². The molecule has 4 aromatic rings. The van der Waals surface area contributed by atoms with Crippen LogP contribution in [0.15, 0.2) is 48.7 Å². The standard InChI is InChI=1S/C22H24N6O3/c1-15-3-2-4-16(11-15)17-5-6-27(24-17)20-13-22(26-7-9-31-10-8-26)28-21(23-20)12-18(25-28)19(30)14-29/h2-6,11-13,19,29-30H,7-10,14H2,1H3. The van der Waals surface area contributed by atoms with Crippen molar-refractivity contribution in [1.29, 1.82) is 0 Å². The first-order valence-electron chi connectivity index (χ1n) is 10.3. The Bertz CT molecular complexity index is 1210. The minimum Gasteiger partial charge on any atom is -0.393 e. The van der Waals surface area contributed by atoms with Crippen molar-refractivity contribution in [2.75, 3.05) is 37.8 Å². The highest BCUT2D eigenvalue weighted by Crippen LogP contribution is 2.25. The van der Waals surface area contributed by atoms with Gasteiger partial charge in [-0.1, -0.05) is 23.8 Å². The van der Waals surface area contributed by atoms with Crippen LogP contribution in [0.25, 0.3) is 22.7 Å². The Morgan fingerprint density at radius 1 is 1.10 bits per heavy atom. The molecular formula is C22H24N6O3. The van der Waals surface area contributed by atoms with Crippen LogP contribution in [-0.4, -0.2) is 67.5 Å². The molecule has 5 rings (SSSR count). The van der Waals surface area contributed by atoms with Crippen LogP contribution in [0, 0.1) is 6.92 Å². The maximum atomic E-state index is 10.1. The molecule has 9 heteroatoms. The Labute approximate surface area is 179 Å². The molecule has 1 saturated heterocycles. The van der Waals surface area contributed by atoms with E-state index in [0.29, 0.717) is 30.4 Å². The van der Waals surface area contributed by atoms with Gasteiger partial charge in [0.1, 0.15) is 11.9 Å². The van der Waals surface area contributed by atoms with Crippen molar-refractivity contribution in [1.82, 2.24) is 24.4 Å². The van der Waals surface area contributed by atoms with Gasteiger partial charge in [-0.05, 0) is 19.1 Å². The summed E-state index contributed by atoms with van der Waals surface area (Å²) in [6, 6.07) is 13.8. The molecule has 31 heavy (non-hydrogen) atoms. The first-order valence-corrected chi connectivity index (χ1v) is 10.3. The fraction of sp³-hybridized carbons (Fsp3) is 0.318. The summed E-state index contributed by atoms with van der Waals surface area (Å²) in [6.07, 6.45) is 0.833.